The minimum atomic E-state index is -0.196. The number of piperidine rings is 2. The molecule has 0 unspecified atom stereocenters. The number of aryl methyl sites for hydroxylation is 4. The second-order valence-corrected chi connectivity index (χ2v) is 38.0. The molecule has 141 heavy (non-hydrogen) atoms. The van der Waals surface area contributed by atoms with Crippen LogP contribution in [0.2, 0.25) is 0 Å². The van der Waals surface area contributed by atoms with E-state index in [9.17, 15) is 39.6 Å². The fraction of sp³-hybridized carbons (Fsp3) is 0.265. The van der Waals surface area contributed by atoms with Crippen molar-refractivity contribution in [1.82, 2.24) is 84.2 Å². The third-order valence-corrected chi connectivity index (χ3v) is 28.8. The number of nitrogens with zero attached hydrogens (tertiary/aromatic N) is 11. The fourth-order valence-corrected chi connectivity index (χ4v) is 21.8. The Hall–Kier alpha value is -15.6. The molecular formula is C113H111N19O9. The van der Waals surface area contributed by atoms with Crippen molar-refractivity contribution < 1.29 is 25.2 Å². The lowest BCUT2D eigenvalue weighted by atomic mass is 9.96. The van der Waals surface area contributed by atoms with Crippen molar-refractivity contribution in [3.63, 3.8) is 0 Å². The number of piperazine rings is 1. The molecule has 25 rings (SSSR count). The number of ether oxygens (including phenoxy) is 1. The number of phenolic OH excluding ortho intramolecular Hbond substituents is 4. The summed E-state index contributed by atoms with van der Waals surface area (Å²) in [5.74, 6) is 1.45. The van der Waals surface area contributed by atoms with Gasteiger partial charge in [0.2, 0.25) is 0 Å². The van der Waals surface area contributed by atoms with Crippen molar-refractivity contribution in [3.05, 3.63) is 283 Å². The van der Waals surface area contributed by atoms with Crippen molar-refractivity contribution in [3.8, 4) is 73.8 Å². The van der Waals surface area contributed by atoms with E-state index >= 15 is 0 Å². The fourth-order valence-electron chi connectivity index (χ4n) is 21.8. The van der Waals surface area contributed by atoms with Crippen LogP contribution in [-0.2, 0) is 13.1 Å². The summed E-state index contributed by atoms with van der Waals surface area (Å²) in [4.78, 5) is 101. The molecule has 0 spiro atoms. The summed E-state index contributed by atoms with van der Waals surface area (Å²) in [6.07, 6.45) is 23.3. The number of nitrogens with two attached hydrogens (primary N) is 1. The number of phenols is 4. The molecule has 20 aromatic rings. The molecule has 4 fully saturated rings. The summed E-state index contributed by atoms with van der Waals surface area (Å²) in [6, 6.07) is 56.3. The Morgan fingerprint density at radius 2 is 0.887 bits per heavy atom. The van der Waals surface area contributed by atoms with E-state index in [4.69, 9.17) is 30.4 Å². The zero-order valence-corrected chi connectivity index (χ0v) is 79.1. The highest BCUT2D eigenvalue weighted by Gasteiger charge is 2.30. The highest BCUT2D eigenvalue weighted by atomic mass is 16.5. The first-order valence-corrected chi connectivity index (χ1v) is 49.1. The van der Waals surface area contributed by atoms with Gasteiger partial charge in [0, 0.05) is 190 Å². The van der Waals surface area contributed by atoms with E-state index in [1.165, 1.54) is 51.6 Å². The molecule has 0 bridgehead atoms. The minimum Gasteiger partial charge on any atom is -0.508 e. The number of likely N-dealkylation sites (tertiary alicyclic amines) is 2. The number of pyridine rings is 8. The number of hydrogen-bond donors (Lipinski definition) is 12. The summed E-state index contributed by atoms with van der Waals surface area (Å²) in [5, 5.41) is 64.1. The van der Waals surface area contributed by atoms with E-state index in [1.54, 1.807) is 72.8 Å². The summed E-state index contributed by atoms with van der Waals surface area (Å²) >= 11 is 0. The summed E-state index contributed by atoms with van der Waals surface area (Å²) in [5.41, 5.74) is 23.7. The van der Waals surface area contributed by atoms with E-state index in [2.05, 4.69) is 103 Å². The lowest BCUT2D eigenvalue weighted by Crippen LogP contribution is -2.45. The molecular weight excluding hydrogens is 1770 g/mol. The predicted octanol–water partition coefficient (Wildman–Crippen LogP) is 18.9. The van der Waals surface area contributed by atoms with E-state index in [-0.39, 0.29) is 51.3 Å². The Bertz CT molecular complexity index is 8570. The first-order chi connectivity index (χ1) is 68.9. The van der Waals surface area contributed by atoms with Gasteiger partial charge in [0.1, 0.15) is 45.7 Å². The minimum absolute atomic E-state index is 0.0260. The van der Waals surface area contributed by atoms with Gasteiger partial charge in [-0.3, -0.25) is 29.2 Å². The van der Waals surface area contributed by atoms with E-state index < -0.39 is 0 Å². The Balaban J connectivity index is 0.000000108. The molecule has 4 aliphatic heterocycles. The van der Waals surface area contributed by atoms with Crippen LogP contribution in [0, 0.1) is 20.8 Å². The molecule has 8 aromatic carbocycles. The molecule has 0 amide bonds. The Morgan fingerprint density at radius 3 is 1.40 bits per heavy atom. The number of benzene rings is 8. The van der Waals surface area contributed by atoms with Gasteiger partial charge in [-0.05, 0) is 260 Å². The van der Waals surface area contributed by atoms with Crippen LogP contribution in [0.3, 0.4) is 0 Å². The van der Waals surface area contributed by atoms with Crippen molar-refractivity contribution in [2.45, 2.75) is 104 Å². The summed E-state index contributed by atoms with van der Waals surface area (Å²) in [7, 11) is 0. The van der Waals surface area contributed by atoms with Gasteiger partial charge in [-0.2, -0.15) is 5.10 Å². The van der Waals surface area contributed by atoms with Gasteiger partial charge in [0.05, 0.1) is 84.1 Å². The largest absolute Gasteiger partial charge is 0.508 e. The average molecular weight is 1880 g/mol. The Labute approximate surface area is 809 Å². The first-order valence-electron chi connectivity index (χ1n) is 49.1. The molecule has 5 aliphatic rings. The van der Waals surface area contributed by atoms with Gasteiger partial charge in [-0.1, -0.05) is 67.1 Å². The molecule has 16 heterocycles. The smallest absolute Gasteiger partial charge is 0.261 e. The molecule has 1 atom stereocenters. The second kappa shape index (κ2) is 38.7. The van der Waals surface area contributed by atoms with Crippen molar-refractivity contribution >= 4 is 142 Å². The van der Waals surface area contributed by atoms with Crippen LogP contribution in [0.5, 0.6) is 28.7 Å². The monoisotopic (exact) mass is 1880 g/mol. The standard InChI is InChI=1S/C29H25N5O2.C29H30N4O3.C28H29N5O2.C27H27N5O2/c35-20-11-8-18(9-12-20)26-25-23(24-27(17-6-2-3-7-17)32-33-28(24)31-26)21-13-10-19(16-22(21)30-29(25)36)34-14-4-1-5-15-34;1-18-17-30-28-24(18)25-22-11-10-21(36-15-5-14-33-12-3-2-4-13-33)16-23(22)31-29(35)26(25)27(32-28)19-6-8-20(34)9-7-19;1-17-15-30-27-23(17)24-21-5-2-3-6-22(21)33(13-4-12-32-14-11-19(29)16-32)28(35)25(24)26(31-27)18-7-9-20(34)10-8-18;1-17-16-29-26-22(17)23-20-4-2-3-5-21(20)32(15-14-31-12-10-28-11-13-31)27(34)24(23)25(30-26)18-6-8-19(33)9-7-18/h2-3,6,8-13,16,35H,1,4-5,7,14-15H2,(H,30,36)(H,31,32,33);6-11,16-17,34H,2-5,12-15H2,1H3,(H,30,32)(H,31,35);2-3,5-10,15,19,34H,4,11-14,16,29H2,1H3,(H,30,31);2-9,16,28,33H,10-15H2,1H3,(H,29,30)/t;;19-;/m..1./s1. The Kier molecular flexibility index (Phi) is 24.8. The van der Waals surface area contributed by atoms with Crippen LogP contribution in [-0.4, -0.2) is 197 Å². The van der Waals surface area contributed by atoms with Crippen LogP contribution in [0.15, 0.2) is 238 Å². The number of aromatic hydroxyl groups is 4. The topological polar surface area (TPSA) is 378 Å². The number of para-hydroxylation sites is 2. The lowest BCUT2D eigenvalue weighted by Gasteiger charge is -2.29. The van der Waals surface area contributed by atoms with Crippen LogP contribution in [0.4, 0.5) is 5.69 Å². The summed E-state index contributed by atoms with van der Waals surface area (Å²) < 4.78 is 9.89. The first kappa shape index (κ1) is 90.6. The number of rotatable bonds is 18. The lowest BCUT2D eigenvalue weighted by molar-refractivity contribution is 0.205. The number of hydrogen-bond acceptors (Lipinski definition) is 20. The number of nitrogens with one attached hydrogen (secondary N) is 7. The van der Waals surface area contributed by atoms with Gasteiger partial charge >= 0.3 is 0 Å². The number of aromatic nitrogens is 13. The maximum absolute atomic E-state index is 14.2. The third kappa shape index (κ3) is 17.5. The van der Waals surface area contributed by atoms with Crippen molar-refractivity contribution in [2.24, 2.45) is 5.73 Å². The Morgan fingerprint density at radius 1 is 0.426 bits per heavy atom. The van der Waals surface area contributed by atoms with Gasteiger partial charge < -0.3 is 85.0 Å². The number of fused-ring (bicyclic) bond motifs is 20. The second-order valence-electron chi connectivity index (χ2n) is 38.0. The molecule has 4 saturated heterocycles. The van der Waals surface area contributed by atoms with Crippen LogP contribution in [0.1, 0.15) is 86.6 Å². The third-order valence-electron chi connectivity index (χ3n) is 28.8. The molecule has 12 aromatic heterocycles. The molecule has 28 nitrogen and oxygen atoms in total. The SMILES string of the molecule is Cc1c[nH]c2nc(-c3ccc(O)cc3)c3c(=O)[nH]c4cc(OCCCN5CCCCC5)ccc4c3c12.Cc1c[nH]c2nc(-c3ccc(O)cc3)c3c(=O)n(CCCN4CC[C@@H](N)C4)c4ccccc4c3c12.Cc1c[nH]c2nc(-c3ccc(O)cc3)c3c(=O)n(CCN4CCNCC4)c4ccccc4c3c12.O=c1[nH]c2cc(N3CCCCC3)ccc2c2c1c(-c1ccc(O)cc1)nc1n[nH]c(C3=CC=CC3)c12. The normalized spacial score (nSPS) is 15.6. The molecule has 712 valence electrons. The van der Waals surface area contributed by atoms with E-state index in [1.807, 2.05) is 133 Å². The van der Waals surface area contributed by atoms with Gasteiger partial charge in [0.15, 0.2) is 5.65 Å². The quantitative estimate of drug-likeness (QED) is 0.0280. The van der Waals surface area contributed by atoms with Gasteiger partial charge in [-0.15, -0.1) is 0 Å². The maximum atomic E-state index is 14.2. The van der Waals surface area contributed by atoms with E-state index in [0.717, 1.165) is 263 Å². The van der Waals surface area contributed by atoms with Crippen LogP contribution >= 0.6 is 0 Å². The van der Waals surface area contributed by atoms with E-state index in [0.29, 0.717) is 69.7 Å². The van der Waals surface area contributed by atoms with Gasteiger partial charge in [0.25, 0.3) is 22.2 Å². The molecule has 1 aliphatic carbocycles. The van der Waals surface area contributed by atoms with Gasteiger partial charge in [-0.25, -0.2) is 19.9 Å². The zero-order valence-electron chi connectivity index (χ0n) is 79.1. The van der Waals surface area contributed by atoms with Crippen molar-refractivity contribution in [2.75, 3.05) is 96.6 Å². The predicted molar refractivity (Wildman–Crippen MR) is 566 cm³/mol. The molecule has 28 heteroatoms. The number of allylic oxidation sites excluding steroid dienone is 4. The highest BCUT2D eigenvalue weighted by molar-refractivity contribution is 6.26. The molecule has 0 radical (unpaired) electrons. The average Bonchev–Trinajstić information content (AvgIpc) is 1.58. The number of aromatic amines is 6. The van der Waals surface area contributed by atoms with Crippen LogP contribution in [0.25, 0.3) is 181 Å². The highest BCUT2D eigenvalue weighted by Crippen LogP contribution is 2.44. The summed E-state index contributed by atoms with van der Waals surface area (Å²) in [6.45, 7) is 21.2. The number of anilines is 1. The maximum Gasteiger partial charge on any atom is 0.261 e. The number of H-pyrrole nitrogens is 6. The molecule has 13 N–H and O–H groups in total. The van der Waals surface area contributed by atoms with Crippen molar-refractivity contribution in [1.29, 1.82) is 0 Å². The van der Waals surface area contributed by atoms with Crippen LogP contribution < -0.4 is 42.9 Å². The molecule has 0 saturated carbocycles. The zero-order chi connectivity index (χ0) is 96.2.